The van der Waals surface area contributed by atoms with Crippen molar-refractivity contribution < 1.29 is 4.74 Å². The van der Waals surface area contributed by atoms with Gasteiger partial charge in [0.1, 0.15) is 11.9 Å². The molecule has 0 radical (unpaired) electrons. The number of hydrogen-bond acceptors (Lipinski definition) is 2. The van der Waals surface area contributed by atoms with Crippen LogP contribution < -0.4 is 10.5 Å². The molecule has 0 saturated heterocycles. The number of hydrogen-bond donors (Lipinski definition) is 1. The first-order valence-electron chi connectivity index (χ1n) is 7.26. The predicted molar refractivity (Wildman–Crippen MR) is 87.8 cm³/mol. The van der Waals surface area contributed by atoms with Gasteiger partial charge in [-0.1, -0.05) is 46.2 Å². The zero-order valence-corrected chi connectivity index (χ0v) is 14.5. The minimum absolute atomic E-state index is 0.0156. The molecule has 0 amide bonds. The Morgan fingerprint density at radius 3 is 2.10 bits per heavy atom. The summed E-state index contributed by atoms with van der Waals surface area (Å²) in [5.41, 5.74) is 8.25. The predicted octanol–water partition coefficient (Wildman–Crippen LogP) is 4.91. The van der Waals surface area contributed by atoms with Crippen molar-refractivity contribution >= 4 is 11.6 Å². The minimum atomic E-state index is -0.0395. The van der Waals surface area contributed by atoms with Gasteiger partial charge >= 0.3 is 0 Å². The molecule has 0 aliphatic heterocycles. The number of ether oxygens (including phenoxy) is 1. The number of rotatable bonds is 4. The molecule has 0 spiro atoms. The van der Waals surface area contributed by atoms with Crippen LogP contribution in [0.4, 0.5) is 0 Å². The van der Waals surface area contributed by atoms with Crippen molar-refractivity contribution in [2.75, 3.05) is 0 Å². The Hall–Kier alpha value is -0.730. The van der Waals surface area contributed by atoms with E-state index in [1.807, 2.05) is 19.9 Å². The van der Waals surface area contributed by atoms with E-state index in [0.29, 0.717) is 5.92 Å². The lowest BCUT2D eigenvalue weighted by molar-refractivity contribution is 0.0677. The van der Waals surface area contributed by atoms with Gasteiger partial charge in [-0.25, -0.2) is 0 Å². The molecule has 20 heavy (non-hydrogen) atoms. The summed E-state index contributed by atoms with van der Waals surface area (Å²) in [4.78, 5) is 0. The highest BCUT2D eigenvalue weighted by Crippen LogP contribution is 2.34. The van der Waals surface area contributed by atoms with E-state index in [4.69, 9.17) is 22.1 Å². The van der Waals surface area contributed by atoms with Gasteiger partial charge < -0.3 is 10.5 Å². The van der Waals surface area contributed by atoms with E-state index in [2.05, 4.69) is 40.7 Å². The van der Waals surface area contributed by atoms with Gasteiger partial charge in [-0.2, -0.15) is 0 Å². The van der Waals surface area contributed by atoms with Crippen molar-refractivity contribution in [1.29, 1.82) is 0 Å². The fourth-order valence-electron chi connectivity index (χ4n) is 2.45. The summed E-state index contributed by atoms with van der Waals surface area (Å²) in [5, 5.41) is 0.804. The van der Waals surface area contributed by atoms with E-state index in [1.54, 1.807) is 0 Å². The van der Waals surface area contributed by atoms with Crippen LogP contribution in [-0.4, -0.2) is 12.1 Å². The topological polar surface area (TPSA) is 35.2 Å². The molecule has 0 aliphatic carbocycles. The second-order valence-electron chi connectivity index (χ2n) is 7.06. The molecule has 0 aliphatic rings. The molecule has 0 aromatic heterocycles. The first-order chi connectivity index (χ1) is 9.04. The van der Waals surface area contributed by atoms with Crippen molar-refractivity contribution in [3.8, 4) is 5.75 Å². The lowest BCUT2D eigenvalue weighted by atomic mass is 9.85. The van der Waals surface area contributed by atoms with E-state index in [-0.39, 0.29) is 17.6 Å². The second kappa shape index (κ2) is 6.36. The average molecular weight is 298 g/mol. The van der Waals surface area contributed by atoms with Gasteiger partial charge in [0, 0.05) is 16.5 Å². The van der Waals surface area contributed by atoms with Crippen LogP contribution in [0, 0.1) is 12.3 Å². The zero-order valence-electron chi connectivity index (χ0n) is 13.8. The summed E-state index contributed by atoms with van der Waals surface area (Å²) in [7, 11) is 0. The Bertz CT molecular complexity index is 461. The molecular formula is C17H28ClNO. The highest BCUT2D eigenvalue weighted by molar-refractivity contribution is 6.31. The van der Waals surface area contributed by atoms with E-state index < -0.39 is 0 Å². The Morgan fingerprint density at radius 2 is 1.70 bits per heavy atom. The van der Waals surface area contributed by atoms with Gasteiger partial charge in [-0.3, -0.25) is 0 Å². The lowest BCUT2D eigenvalue weighted by Gasteiger charge is -2.34. The quantitative estimate of drug-likeness (QED) is 0.857. The fourth-order valence-corrected chi connectivity index (χ4v) is 2.88. The Labute approximate surface area is 128 Å². The van der Waals surface area contributed by atoms with E-state index in [1.165, 1.54) is 0 Å². The molecule has 114 valence electrons. The summed E-state index contributed by atoms with van der Waals surface area (Å²) in [6, 6.07) is 4.00. The molecule has 2 unspecified atom stereocenters. The number of aryl methyl sites for hydroxylation is 1. The van der Waals surface area contributed by atoms with Crippen LogP contribution in [0.2, 0.25) is 5.02 Å². The summed E-state index contributed by atoms with van der Waals surface area (Å²) in [6.45, 7) is 14.7. The molecule has 1 aromatic rings. The third kappa shape index (κ3) is 4.13. The van der Waals surface area contributed by atoms with E-state index in [0.717, 1.165) is 21.9 Å². The number of halogens is 1. The van der Waals surface area contributed by atoms with Crippen LogP contribution in [0.1, 0.15) is 58.6 Å². The average Bonchev–Trinajstić information content (AvgIpc) is 2.24. The van der Waals surface area contributed by atoms with Crippen LogP contribution in [0.5, 0.6) is 5.75 Å². The Kier molecular flexibility index (Phi) is 5.51. The van der Waals surface area contributed by atoms with Crippen LogP contribution in [-0.2, 0) is 0 Å². The molecule has 0 bridgehead atoms. The van der Waals surface area contributed by atoms with Crippen molar-refractivity contribution in [2.45, 2.75) is 66.5 Å². The van der Waals surface area contributed by atoms with Crippen LogP contribution in [0.3, 0.4) is 0 Å². The monoisotopic (exact) mass is 297 g/mol. The lowest BCUT2D eigenvalue weighted by Crippen LogP contribution is -2.45. The smallest absolute Gasteiger partial charge is 0.123 e. The highest BCUT2D eigenvalue weighted by Gasteiger charge is 2.30. The van der Waals surface area contributed by atoms with E-state index >= 15 is 0 Å². The van der Waals surface area contributed by atoms with Crippen LogP contribution in [0.25, 0.3) is 0 Å². The summed E-state index contributed by atoms with van der Waals surface area (Å²) in [6.07, 6.45) is -0.0395. The molecule has 0 saturated carbocycles. The van der Waals surface area contributed by atoms with Gasteiger partial charge in [0.25, 0.3) is 0 Å². The highest BCUT2D eigenvalue weighted by atomic mass is 35.5. The molecule has 1 rings (SSSR count). The number of nitrogens with two attached hydrogens (primary N) is 1. The molecule has 2 atom stereocenters. The molecule has 1 aromatic carbocycles. The van der Waals surface area contributed by atoms with Crippen LogP contribution >= 0.6 is 11.6 Å². The normalized spacial score (nSPS) is 15.3. The Morgan fingerprint density at radius 1 is 1.15 bits per heavy atom. The minimum Gasteiger partial charge on any atom is -0.488 e. The molecule has 0 heterocycles. The molecular weight excluding hydrogens is 270 g/mol. The fraction of sp³-hybridized carbons (Fsp3) is 0.647. The maximum atomic E-state index is 6.31. The van der Waals surface area contributed by atoms with Gasteiger partial charge in [-0.15, -0.1) is 0 Å². The molecule has 0 fully saturated rings. The van der Waals surface area contributed by atoms with Crippen molar-refractivity contribution in [3.05, 3.63) is 28.3 Å². The SMILES string of the molecule is Cc1cc(Cl)c(C(C)C)cc1OC(C(C)N)C(C)(C)C. The largest absolute Gasteiger partial charge is 0.488 e. The standard InChI is InChI=1S/C17H28ClNO/c1-10(2)13-9-15(11(3)8-14(13)18)20-16(12(4)19)17(5,6)7/h8-10,12,16H,19H2,1-7H3. The van der Waals surface area contributed by atoms with Crippen molar-refractivity contribution in [3.63, 3.8) is 0 Å². The van der Waals surface area contributed by atoms with Gasteiger partial charge in [0.05, 0.1) is 0 Å². The van der Waals surface area contributed by atoms with Crippen molar-refractivity contribution in [1.82, 2.24) is 0 Å². The first kappa shape index (κ1) is 17.3. The summed E-state index contributed by atoms with van der Waals surface area (Å²) in [5.74, 6) is 1.25. The summed E-state index contributed by atoms with van der Waals surface area (Å²) >= 11 is 6.31. The third-order valence-corrected chi connectivity index (χ3v) is 3.83. The Balaban J connectivity index is 3.16. The van der Waals surface area contributed by atoms with Gasteiger partial charge in [0.15, 0.2) is 0 Å². The van der Waals surface area contributed by atoms with Crippen LogP contribution in [0.15, 0.2) is 12.1 Å². The summed E-state index contributed by atoms with van der Waals surface area (Å²) < 4.78 is 6.23. The molecule has 3 heteroatoms. The molecule has 2 N–H and O–H groups in total. The second-order valence-corrected chi connectivity index (χ2v) is 7.46. The number of benzene rings is 1. The van der Waals surface area contributed by atoms with E-state index in [9.17, 15) is 0 Å². The molecule has 2 nitrogen and oxygen atoms in total. The maximum absolute atomic E-state index is 6.31. The third-order valence-electron chi connectivity index (χ3n) is 3.50. The van der Waals surface area contributed by atoms with Crippen molar-refractivity contribution in [2.24, 2.45) is 11.1 Å². The zero-order chi connectivity index (χ0) is 15.7. The maximum Gasteiger partial charge on any atom is 0.123 e. The first-order valence-corrected chi connectivity index (χ1v) is 7.64. The van der Waals surface area contributed by atoms with Gasteiger partial charge in [0.2, 0.25) is 0 Å². The van der Waals surface area contributed by atoms with Gasteiger partial charge in [-0.05, 0) is 43.0 Å².